The normalized spacial score (nSPS) is 14.1. The minimum atomic E-state index is -0.861. The van der Waals surface area contributed by atoms with Crippen LogP contribution in [0.5, 0.6) is 0 Å². The zero-order valence-electron chi connectivity index (χ0n) is 10.2. The van der Waals surface area contributed by atoms with Gasteiger partial charge in [-0.15, -0.1) is 0 Å². The van der Waals surface area contributed by atoms with Gasteiger partial charge in [-0.05, 0) is 30.5 Å². The Morgan fingerprint density at radius 3 is 2.44 bits per heavy atom. The Morgan fingerprint density at radius 1 is 1.33 bits per heavy atom. The highest BCUT2D eigenvalue weighted by molar-refractivity contribution is 5.89. The van der Waals surface area contributed by atoms with Crippen LogP contribution >= 0.6 is 0 Å². The van der Waals surface area contributed by atoms with Gasteiger partial charge < -0.3 is 15.3 Å². The molecular weight excluding hydrogens is 232 g/mol. The number of carbonyl (C=O) groups is 2. The van der Waals surface area contributed by atoms with E-state index in [1.54, 1.807) is 36.2 Å². The highest BCUT2D eigenvalue weighted by Gasteiger charge is 2.29. The fourth-order valence-corrected chi connectivity index (χ4v) is 1.72. The molecule has 18 heavy (non-hydrogen) atoms. The molecule has 0 aliphatic heterocycles. The van der Waals surface area contributed by atoms with Crippen LogP contribution in [0.2, 0.25) is 0 Å². The van der Waals surface area contributed by atoms with Crippen molar-refractivity contribution in [3.05, 3.63) is 29.8 Å². The molecular formula is C13H16N2O3. The molecule has 1 aliphatic carbocycles. The summed E-state index contributed by atoms with van der Waals surface area (Å²) in [4.78, 5) is 24.0. The topological polar surface area (TPSA) is 69.6 Å². The minimum Gasteiger partial charge on any atom is -0.481 e. The van der Waals surface area contributed by atoms with E-state index in [1.807, 2.05) is 0 Å². The van der Waals surface area contributed by atoms with Gasteiger partial charge in [-0.3, -0.25) is 4.79 Å². The number of hydrogen-bond acceptors (Lipinski definition) is 2. The summed E-state index contributed by atoms with van der Waals surface area (Å²) in [6.07, 6.45) is 2.14. The number of benzene rings is 1. The van der Waals surface area contributed by atoms with Crippen LogP contribution in [0.1, 0.15) is 18.4 Å². The van der Waals surface area contributed by atoms with E-state index in [2.05, 4.69) is 5.32 Å². The van der Waals surface area contributed by atoms with Gasteiger partial charge in [-0.1, -0.05) is 12.1 Å². The molecule has 2 N–H and O–H groups in total. The second-order valence-corrected chi connectivity index (χ2v) is 4.54. The summed E-state index contributed by atoms with van der Waals surface area (Å²) >= 11 is 0. The Balaban J connectivity index is 1.93. The SMILES string of the molecule is CN(C(=O)Nc1ccc(CC(=O)O)cc1)C1CC1. The van der Waals surface area contributed by atoms with Gasteiger partial charge in [0.25, 0.3) is 0 Å². The molecule has 0 bridgehead atoms. The lowest BCUT2D eigenvalue weighted by atomic mass is 10.1. The van der Waals surface area contributed by atoms with Crippen molar-refractivity contribution in [2.24, 2.45) is 0 Å². The number of carbonyl (C=O) groups excluding carboxylic acids is 1. The number of anilines is 1. The summed E-state index contributed by atoms with van der Waals surface area (Å²) < 4.78 is 0. The lowest BCUT2D eigenvalue weighted by Crippen LogP contribution is -2.32. The highest BCUT2D eigenvalue weighted by Crippen LogP contribution is 2.25. The average Bonchev–Trinajstić information content (AvgIpc) is 3.14. The molecule has 96 valence electrons. The number of aliphatic carboxylic acids is 1. The van der Waals surface area contributed by atoms with Crippen LogP contribution in [0.4, 0.5) is 10.5 Å². The third-order valence-electron chi connectivity index (χ3n) is 2.98. The van der Waals surface area contributed by atoms with Crippen LogP contribution < -0.4 is 5.32 Å². The van der Waals surface area contributed by atoms with Gasteiger partial charge >= 0.3 is 12.0 Å². The summed E-state index contributed by atoms with van der Waals surface area (Å²) in [5, 5.41) is 11.4. The second kappa shape index (κ2) is 5.08. The first-order valence-corrected chi connectivity index (χ1v) is 5.91. The minimum absolute atomic E-state index is 0.00377. The third kappa shape index (κ3) is 3.23. The lowest BCUT2D eigenvalue weighted by molar-refractivity contribution is -0.136. The zero-order valence-corrected chi connectivity index (χ0v) is 10.2. The van der Waals surface area contributed by atoms with Crippen molar-refractivity contribution < 1.29 is 14.7 Å². The first kappa shape index (κ1) is 12.4. The molecule has 5 nitrogen and oxygen atoms in total. The molecule has 0 unspecified atom stereocenters. The van der Waals surface area contributed by atoms with E-state index in [0.29, 0.717) is 11.7 Å². The van der Waals surface area contributed by atoms with Gasteiger partial charge in [0, 0.05) is 18.8 Å². The van der Waals surface area contributed by atoms with E-state index >= 15 is 0 Å². The number of carboxylic acid groups (broad SMARTS) is 1. The van der Waals surface area contributed by atoms with Crippen LogP contribution in [-0.4, -0.2) is 35.1 Å². The number of rotatable bonds is 4. The molecule has 1 fully saturated rings. The molecule has 1 saturated carbocycles. The fourth-order valence-electron chi connectivity index (χ4n) is 1.72. The summed E-state index contributed by atoms with van der Waals surface area (Å²) in [6, 6.07) is 7.11. The van der Waals surface area contributed by atoms with Gasteiger partial charge in [0.2, 0.25) is 0 Å². The number of nitrogens with zero attached hydrogens (tertiary/aromatic N) is 1. The summed E-state index contributed by atoms with van der Waals surface area (Å²) in [6.45, 7) is 0. The summed E-state index contributed by atoms with van der Waals surface area (Å²) in [5.41, 5.74) is 1.40. The molecule has 0 spiro atoms. The predicted octanol–water partition coefficient (Wildman–Crippen LogP) is 1.94. The van der Waals surface area contributed by atoms with E-state index < -0.39 is 5.97 Å². The maximum Gasteiger partial charge on any atom is 0.321 e. The van der Waals surface area contributed by atoms with E-state index in [-0.39, 0.29) is 12.5 Å². The van der Waals surface area contributed by atoms with Gasteiger partial charge in [-0.2, -0.15) is 0 Å². The molecule has 0 saturated heterocycles. The molecule has 5 heteroatoms. The van der Waals surface area contributed by atoms with Gasteiger partial charge in [0.15, 0.2) is 0 Å². The zero-order chi connectivity index (χ0) is 13.1. The molecule has 1 aromatic rings. The summed E-state index contributed by atoms with van der Waals surface area (Å²) in [5.74, 6) is -0.861. The van der Waals surface area contributed by atoms with Crippen molar-refractivity contribution in [1.29, 1.82) is 0 Å². The standard InChI is InChI=1S/C13H16N2O3/c1-15(11-6-7-11)13(18)14-10-4-2-9(3-5-10)8-12(16)17/h2-5,11H,6-8H2,1H3,(H,14,18)(H,16,17). The number of carboxylic acids is 1. The van der Waals surface area contributed by atoms with Crippen LogP contribution in [0.25, 0.3) is 0 Å². The molecule has 2 amide bonds. The van der Waals surface area contributed by atoms with Gasteiger partial charge in [0.1, 0.15) is 0 Å². The third-order valence-corrected chi connectivity index (χ3v) is 2.98. The maximum absolute atomic E-state index is 11.8. The van der Waals surface area contributed by atoms with Crippen molar-refractivity contribution in [3.8, 4) is 0 Å². The van der Waals surface area contributed by atoms with Crippen LogP contribution in [0.15, 0.2) is 24.3 Å². The summed E-state index contributed by atoms with van der Waals surface area (Å²) in [7, 11) is 1.78. The highest BCUT2D eigenvalue weighted by atomic mass is 16.4. The lowest BCUT2D eigenvalue weighted by Gasteiger charge is -2.17. The Bertz CT molecular complexity index is 452. The average molecular weight is 248 g/mol. The second-order valence-electron chi connectivity index (χ2n) is 4.54. The Labute approximate surface area is 105 Å². The van der Waals surface area contributed by atoms with E-state index in [9.17, 15) is 9.59 Å². The van der Waals surface area contributed by atoms with Crippen molar-refractivity contribution in [2.45, 2.75) is 25.3 Å². The first-order chi connectivity index (χ1) is 8.56. The van der Waals surface area contributed by atoms with E-state index in [0.717, 1.165) is 18.4 Å². The smallest absolute Gasteiger partial charge is 0.321 e. The molecule has 0 aromatic heterocycles. The Hall–Kier alpha value is -2.04. The Morgan fingerprint density at radius 2 is 1.94 bits per heavy atom. The molecule has 0 heterocycles. The molecule has 0 atom stereocenters. The van der Waals surface area contributed by atoms with Crippen LogP contribution in [-0.2, 0) is 11.2 Å². The largest absolute Gasteiger partial charge is 0.481 e. The molecule has 1 aliphatic rings. The maximum atomic E-state index is 11.8. The van der Waals surface area contributed by atoms with Crippen LogP contribution in [0.3, 0.4) is 0 Å². The van der Waals surface area contributed by atoms with E-state index in [4.69, 9.17) is 5.11 Å². The number of nitrogens with one attached hydrogen (secondary N) is 1. The monoisotopic (exact) mass is 248 g/mol. The van der Waals surface area contributed by atoms with Crippen molar-refractivity contribution in [1.82, 2.24) is 4.90 Å². The van der Waals surface area contributed by atoms with Gasteiger partial charge in [-0.25, -0.2) is 4.79 Å². The van der Waals surface area contributed by atoms with Crippen molar-refractivity contribution in [2.75, 3.05) is 12.4 Å². The van der Waals surface area contributed by atoms with E-state index in [1.165, 1.54) is 0 Å². The first-order valence-electron chi connectivity index (χ1n) is 5.91. The molecule has 1 aromatic carbocycles. The van der Waals surface area contributed by atoms with Crippen LogP contribution in [0, 0.1) is 0 Å². The van der Waals surface area contributed by atoms with Gasteiger partial charge in [0.05, 0.1) is 6.42 Å². The van der Waals surface area contributed by atoms with Crippen molar-refractivity contribution >= 4 is 17.7 Å². The quantitative estimate of drug-likeness (QED) is 0.855. The number of urea groups is 1. The van der Waals surface area contributed by atoms with Crippen molar-refractivity contribution in [3.63, 3.8) is 0 Å². The fraction of sp³-hybridized carbons (Fsp3) is 0.385. The molecule has 2 rings (SSSR count). The number of amides is 2. The molecule has 0 radical (unpaired) electrons. The predicted molar refractivity (Wildman–Crippen MR) is 67.6 cm³/mol. The Kier molecular flexibility index (Phi) is 3.50. The number of hydrogen-bond donors (Lipinski definition) is 2.